The fraction of sp³-hybridized carbons (Fsp3) is 0.146. The molecule has 0 saturated heterocycles. The van der Waals surface area contributed by atoms with Gasteiger partial charge in [0.2, 0.25) is 5.91 Å². The first kappa shape index (κ1) is 38.3. The minimum Gasteiger partial charge on any atom is -0.496 e. The number of hydrogen-bond acceptors (Lipinski definition) is 8. The maximum absolute atomic E-state index is 13.8. The van der Waals surface area contributed by atoms with Gasteiger partial charge in [0.15, 0.2) is 11.5 Å². The largest absolute Gasteiger partial charge is 0.496 e. The van der Waals surface area contributed by atoms with E-state index in [1.807, 2.05) is 37.3 Å². The highest BCUT2D eigenvalue weighted by Crippen LogP contribution is 2.39. The van der Waals surface area contributed by atoms with E-state index < -0.39 is 17.1 Å². The van der Waals surface area contributed by atoms with E-state index in [0.29, 0.717) is 50.5 Å². The van der Waals surface area contributed by atoms with Gasteiger partial charge in [-0.25, -0.2) is 0 Å². The molecule has 1 unspecified atom stereocenters. The van der Waals surface area contributed by atoms with Gasteiger partial charge in [0.05, 0.1) is 34.1 Å². The Morgan fingerprint density at radius 2 is 1.30 bits per heavy atom. The molecule has 0 spiro atoms. The standard InChI is InChI=1S/C41H38ClN3O7S/c1-25-20-32(35(50-3)23-31(25)42)44-41(48)38(26-12-8-6-9-13-26)53-30-18-16-29(17-19-30)43-40(47)33(45-39(46)27-14-10-7-11-15-27)21-28-22-36(51-4)37(52-5)24-34(28)49-2/h6-24,38H,1-5H3,(H,43,47)(H,44,48)(H,45,46)/b33-21-. The van der Waals surface area contributed by atoms with Gasteiger partial charge in [-0.15, -0.1) is 11.8 Å². The van der Waals surface area contributed by atoms with Crippen molar-refractivity contribution < 1.29 is 33.3 Å². The predicted molar refractivity (Wildman–Crippen MR) is 209 cm³/mol. The number of anilines is 2. The smallest absolute Gasteiger partial charge is 0.272 e. The molecule has 0 aromatic heterocycles. The van der Waals surface area contributed by atoms with Crippen LogP contribution in [0.3, 0.4) is 0 Å². The van der Waals surface area contributed by atoms with E-state index in [2.05, 4.69) is 16.0 Å². The molecule has 12 heteroatoms. The fourth-order valence-corrected chi connectivity index (χ4v) is 6.42. The zero-order valence-electron chi connectivity index (χ0n) is 29.7. The van der Waals surface area contributed by atoms with Crippen molar-refractivity contribution in [2.24, 2.45) is 0 Å². The highest BCUT2D eigenvalue weighted by molar-refractivity contribution is 8.00. The van der Waals surface area contributed by atoms with Crippen molar-refractivity contribution in [1.82, 2.24) is 5.32 Å². The van der Waals surface area contributed by atoms with Crippen LogP contribution in [0, 0.1) is 6.92 Å². The quantitative estimate of drug-likeness (QED) is 0.0762. The molecule has 0 heterocycles. The molecular weight excluding hydrogens is 714 g/mol. The molecule has 10 nitrogen and oxygen atoms in total. The van der Waals surface area contributed by atoms with Crippen LogP contribution in [0.2, 0.25) is 5.02 Å². The Balaban J connectivity index is 1.40. The first-order valence-electron chi connectivity index (χ1n) is 16.3. The molecule has 0 bridgehead atoms. The van der Waals surface area contributed by atoms with Crippen molar-refractivity contribution in [3.05, 3.63) is 142 Å². The molecule has 0 fully saturated rings. The van der Waals surface area contributed by atoms with Gasteiger partial charge in [-0.3, -0.25) is 14.4 Å². The average Bonchev–Trinajstić information content (AvgIpc) is 3.18. The summed E-state index contributed by atoms with van der Waals surface area (Å²) in [5, 5.41) is 8.51. The van der Waals surface area contributed by atoms with Crippen LogP contribution in [-0.4, -0.2) is 46.2 Å². The van der Waals surface area contributed by atoms with Crippen molar-refractivity contribution in [3.8, 4) is 23.0 Å². The number of benzene rings is 5. The number of ether oxygens (including phenoxy) is 4. The number of rotatable bonds is 14. The molecule has 0 aliphatic carbocycles. The van der Waals surface area contributed by atoms with Crippen LogP contribution in [-0.2, 0) is 9.59 Å². The summed E-state index contributed by atoms with van der Waals surface area (Å²) in [6, 6.07) is 31.7. The van der Waals surface area contributed by atoms with Gasteiger partial charge in [0.1, 0.15) is 22.4 Å². The fourth-order valence-electron chi connectivity index (χ4n) is 5.24. The summed E-state index contributed by atoms with van der Waals surface area (Å²) in [5.41, 5.74) is 3.35. The Morgan fingerprint density at radius 3 is 1.92 bits per heavy atom. The Bertz CT molecular complexity index is 2110. The van der Waals surface area contributed by atoms with E-state index in [0.717, 1.165) is 16.0 Å². The van der Waals surface area contributed by atoms with Gasteiger partial charge in [-0.1, -0.05) is 60.1 Å². The number of methoxy groups -OCH3 is 4. The van der Waals surface area contributed by atoms with E-state index >= 15 is 0 Å². The Hall–Kier alpha value is -5.91. The van der Waals surface area contributed by atoms with Crippen LogP contribution in [0.25, 0.3) is 6.08 Å². The number of hydrogen-bond donors (Lipinski definition) is 3. The Kier molecular flexibility index (Phi) is 13.0. The van der Waals surface area contributed by atoms with Gasteiger partial charge >= 0.3 is 0 Å². The lowest BCUT2D eigenvalue weighted by molar-refractivity contribution is -0.116. The summed E-state index contributed by atoms with van der Waals surface area (Å²) in [7, 11) is 6.01. The van der Waals surface area contributed by atoms with Crippen molar-refractivity contribution in [1.29, 1.82) is 0 Å². The number of carbonyl (C=O) groups is 3. The Labute approximate surface area is 317 Å². The van der Waals surface area contributed by atoms with Crippen molar-refractivity contribution >= 4 is 58.5 Å². The van der Waals surface area contributed by atoms with E-state index in [1.54, 1.807) is 78.9 Å². The van der Waals surface area contributed by atoms with Gasteiger partial charge in [-0.05, 0) is 72.7 Å². The van der Waals surface area contributed by atoms with Crippen molar-refractivity contribution in [2.45, 2.75) is 17.1 Å². The van der Waals surface area contributed by atoms with Crippen LogP contribution in [0.15, 0.2) is 120 Å². The molecule has 272 valence electrons. The maximum Gasteiger partial charge on any atom is 0.272 e. The maximum atomic E-state index is 13.8. The van der Waals surface area contributed by atoms with Crippen LogP contribution in [0.4, 0.5) is 11.4 Å². The van der Waals surface area contributed by atoms with Crippen molar-refractivity contribution in [3.63, 3.8) is 0 Å². The summed E-state index contributed by atoms with van der Waals surface area (Å²) in [6.07, 6.45) is 1.50. The lowest BCUT2D eigenvalue weighted by Gasteiger charge is -2.19. The molecule has 5 rings (SSSR count). The highest BCUT2D eigenvalue weighted by Gasteiger charge is 2.24. The number of thioether (sulfide) groups is 1. The summed E-state index contributed by atoms with van der Waals surface area (Å²) < 4.78 is 21.9. The van der Waals surface area contributed by atoms with E-state index in [1.165, 1.54) is 46.3 Å². The highest BCUT2D eigenvalue weighted by atomic mass is 35.5. The van der Waals surface area contributed by atoms with Gasteiger partial charge in [-0.2, -0.15) is 0 Å². The minimum absolute atomic E-state index is 0.0449. The minimum atomic E-state index is -0.628. The first-order valence-corrected chi connectivity index (χ1v) is 17.6. The lowest BCUT2D eigenvalue weighted by atomic mass is 10.1. The second-order valence-corrected chi connectivity index (χ2v) is 13.1. The molecule has 1 atom stereocenters. The molecular formula is C41H38ClN3O7S. The number of nitrogens with one attached hydrogen (secondary N) is 3. The zero-order chi connectivity index (χ0) is 37.9. The first-order chi connectivity index (χ1) is 25.6. The molecule has 0 saturated carbocycles. The van der Waals surface area contributed by atoms with Gasteiger partial charge in [0.25, 0.3) is 11.8 Å². The molecule has 0 aliphatic rings. The molecule has 53 heavy (non-hydrogen) atoms. The summed E-state index contributed by atoms with van der Waals surface area (Å²) in [4.78, 5) is 41.6. The van der Waals surface area contributed by atoms with Crippen LogP contribution < -0.4 is 34.9 Å². The molecule has 0 radical (unpaired) electrons. The second-order valence-electron chi connectivity index (χ2n) is 11.5. The van der Waals surface area contributed by atoms with Crippen LogP contribution >= 0.6 is 23.4 Å². The third kappa shape index (κ3) is 9.70. The summed E-state index contributed by atoms with van der Waals surface area (Å²) in [6.45, 7) is 1.85. The topological polar surface area (TPSA) is 124 Å². The molecule has 0 aliphatic heterocycles. The second kappa shape index (κ2) is 18.0. The zero-order valence-corrected chi connectivity index (χ0v) is 31.3. The Morgan fingerprint density at radius 1 is 0.698 bits per heavy atom. The number of halogens is 1. The molecule has 3 N–H and O–H groups in total. The monoisotopic (exact) mass is 751 g/mol. The van der Waals surface area contributed by atoms with Gasteiger partial charge in [0, 0.05) is 38.9 Å². The number of carbonyl (C=O) groups excluding carboxylic acids is 3. The molecule has 3 amide bonds. The molecule has 5 aromatic carbocycles. The van der Waals surface area contributed by atoms with E-state index in [4.69, 9.17) is 30.5 Å². The SMILES string of the molecule is COc1cc(OC)c(OC)cc1/C=C(\NC(=O)c1ccccc1)C(=O)Nc1ccc(SC(C(=O)Nc2cc(C)c(Cl)cc2OC)c2ccccc2)cc1. The lowest BCUT2D eigenvalue weighted by Crippen LogP contribution is -2.30. The third-order valence-corrected chi connectivity index (χ3v) is 9.68. The van der Waals surface area contributed by atoms with Crippen molar-refractivity contribution in [2.75, 3.05) is 39.1 Å². The third-order valence-electron chi connectivity index (χ3n) is 8.01. The number of aryl methyl sites for hydroxylation is 1. The number of amides is 3. The summed E-state index contributed by atoms with van der Waals surface area (Å²) >= 11 is 7.63. The normalized spacial score (nSPS) is 11.5. The van der Waals surface area contributed by atoms with Gasteiger partial charge < -0.3 is 34.9 Å². The average molecular weight is 752 g/mol. The molecule has 5 aromatic rings. The van der Waals surface area contributed by atoms with Crippen LogP contribution in [0.1, 0.15) is 32.3 Å². The van der Waals surface area contributed by atoms with E-state index in [-0.39, 0.29) is 11.6 Å². The predicted octanol–water partition coefficient (Wildman–Crippen LogP) is 8.56. The summed E-state index contributed by atoms with van der Waals surface area (Å²) in [5.74, 6) is 0.370. The van der Waals surface area contributed by atoms with Crippen LogP contribution in [0.5, 0.6) is 23.0 Å². The van der Waals surface area contributed by atoms with E-state index in [9.17, 15) is 14.4 Å².